The fourth-order valence-corrected chi connectivity index (χ4v) is 5.44. The molecule has 2 rings (SSSR count). The van der Waals surface area contributed by atoms with E-state index >= 15 is 0 Å². The summed E-state index contributed by atoms with van der Waals surface area (Å²) >= 11 is 2.21. The number of rotatable bonds is 2. The molecule has 0 bridgehead atoms. The quantitative estimate of drug-likeness (QED) is 0.793. The zero-order chi connectivity index (χ0) is 11.6. The molecule has 2 atom stereocenters. The summed E-state index contributed by atoms with van der Waals surface area (Å²) in [5.41, 5.74) is 1.22. The molecule has 0 amide bonds. The molecule has 0 saturated carbocycles. The van der Waals surface area contributed by atoms with E-state index in [9.17, 15) is 0 Å². The Morgan fingerprint density at radius 1 is 1.31 bits per heavy atom. The van der Waals surface area contributed by atoms with E-state index in [1.165, 1.54) is 50.3 Å². The van der Waals surface area contributed by atoms with Crippen LogP contribution in [0.15, 0.2) is 0 Å². The maximum Gasteiger partial charge on any atom is -0.000679 e. The van der Waals surface area contributed by atoms with Crippen LogP contribution in [0.5, 0.6) is 0 Å². The van der Waals surface area contributed by atoms with Crippen molar-refractivity contribution < 1.29 is 0 Å². The van der Waals surface area contributed by atoms with Gasteiger partial charge < -0.3 is 5.32 Å². The molecule has 0 aliphatic carbocycles. The lowest BCUT2D eigenvalue weighted by Crippen LogP contribution is -2.50. The largest absolute Gasteiger partial charge is 0.316 e. The fourth-order valence-electron chi connectivity index (χ4n) is 3.80. The molecular weight excluding hydrogens is 214 g/mol. The summed E-state index contributed by atoms with van der Waals surface area (Å²) in [6.07, 6.45) is 5.64. The van der Waals surface area contributed by atoms with Crippen molar-refractivity contribution in [2.75, 3.05) is 24.6 Å². The van der Waals surface area contributed by atoms with Crippen LogP contribution in [-0.4, -0.2) is 24.6 Å². The van der Waals surface area contributed by atoms with Gasteiger partial charge in [0.05, 0.1) is 0 Å². The minimum absolute atomic E-state index is 0.562. The first-order valence-electron chi connectivity index (χ1n) is 6.86. The van der Waals surface area contributed by atoms with Gasteiger partial charge in [0.25, 0.3) is 0 Å². The molecule has 1 N–H and O–H groups in total. The molecular formula is C14H27NS. The Morgan fingerprint density at radius 3 is 2.81 bits per heavy atom. The van der Waals surface area contributed by atoms with Gasteiger partial charge >= 0.3 is 0 Å². The Hall–Kier alpha value is 0.310. The number of thioether (sulfide) groups is 1. The third-order valence-corrected chi connectivity index (χ3v) is 6.17. The van der Waals surface area contributed by atoms with E-state index < -0.39 is 0 Å². The van der Waals surface area contributed by atoms with Crippen LogP contribution in [0.1, 0.15) is 46.5 Å². The minimum Gasteiger partial charge on any atom is -0.316 e. The average molecular weight is 241 g/mol. The fraction of sp³-hybridized carbons (Fsp3) is 1.00. The summed E-state index contributed by atoms with van der Waals surface area (Å²) in [7, 11) is 0. The molecule has 1 nitrogen and oxygen atoms in total. The lowest BCUT2D eigenvalue weighted by molar-refractivity contribution is 0.0675. The monoisotopic (exact) mass is 241 g/mol. The number of hydrogen-bond donors (Lipinski definition) is 1. The zero-order valence-electron chi connectivity index (χ0n) is 11.1. The molecule has 2 fully saturated rings. The smallest absolute Gasteiger partial charge is 0.000679 e. The van der Waals surface area contributed by atoms with Gasteiger partial charge in [-0.25, -0.2) is 0 Å². The van der Waals surface area contributed by atoms with Crippen LogP contribution in [0.4, 0.5) is 0 Å². The second-order valence-electron chi connectivity index (χ2n) is 6.64. The highest BCUT2D eigenvalue weighted by molar-refractivity contribution is 7.99. The van der Waals surface area contributed by atoms with Crippen LogP contribution in [-0.2, 0) is 0 Å². The highest BCUT2D eigenvalue weighted by atomic mass is 32.2. The first-order valence-corrected chi connectivity index (χ1v) is 8.02. The van der Waals surface area contributed by atoms with E-state index in [2.05, 4.69) is 37.8 Å². The van der Waals surface area contributed by atoms with Crippen molar-refractivity contribution in [1.82, 2.24) is 5.32 Å². The predicted octanol–water partition coefficient (Wildman–Crippen LogP) is 3.55. The number of piperidine rings is 1. The standard InChI is InChI=1S/C14H27NS/c1-4-5-12-8-15-7-6-14(12)9-13(2,3)10-16-11-14/h12,15H,4-11H2,1-3H3. The van der Waals surface area contributed by atoms with Crippen molar-refractivity contribution in [3.8, 4) is 0 Å². The van der Waals surface area contributed by atoms with Crippen molar-refractivity contribution in [1.29, 1.82) is 0 Å². The van der Waals surface area contributed by atoms with Gasteiger partial charge in [0, 0.05) is 0 Å². The molecule has 2 unspecified atom stereocenters. The minimum atomic E-state index is 0.562. The van der Waals surface area contributed by atoms with Crippen LogP contribution in [0.2, 0.25) is 0 Å². The summed E-state index contributed by atoms with van der Waals surface area (Å²) in [6.45, 7) is 9.78. The van der Waals surface area contributed by atoms with Crippen LogP contribution in [0.25, 0.3) is 0 Å². The Labute approximate surface area is 105 Å². The molecule has 0 aromatic rings. The maximum absolute atomic E-state index is 3.61. The summed E-state index contributed by atoms with van der Waals surface area (Å²) in [5.74, 6) is 3.71. The van der Waals surface area contributed by atoms with Crippen molar-refractivity contribution in [2.24, 2.45) is 16.7 Å². The topological polar surface area (TPSA) is 12.0 Å². The van der Waals surface area contributed by atoms with E-state index in [1.54, 1.807) is 0 Å². The first-order chi connectivity index (χ1) is 7.58. The van der Waals surface area contributed by atoms with Gasteiger partial charge in [-0.2, -0.15) is 11.8 Å². The van der Waals surface area contributed by atoms with Crippen molar-refractivity contribution in [2.45, 2.75) is 46.5 Å². The number of hydrogen-bond acceptors (Lipinski definition) is 2. The Morgan fingerprint density at radius 2 is 2.12 bits per heavy atom. The highest BCUT2D eigenvalue weighted by Crippen LogP contribution is 2.52. The van der Waals surface area contributed by atoms with Gasteiger partial charge in [-0.3, -0.25) is 0 Å². The van der Waals surface area contributed by atoms with E-state index in [0.29, 0.717) is 10.8 Å². The molecule has 2 saturated heterocycles. The molecule has 16 heavy (non-hydrogen) atoms. The van der Waals surface area contributed by atoms with E-state index in [1.807, 2.05) is 0 Å². The lowest BCUT2D eigenvalue weighted by Gasteiger charge is -2.51. The maximum atomic E-state index is 3.61. The second-order valence-corrected chi connectivity index (χ2v) is 7.62. The molecule has 0 aromatic carbocycles. The van der Waals surface area contributed by atoms with Crippen LogP contribution < -0.4 is 5.32 Å². The first kappa shape index (κ1) is 12.8. The molecule has 1 spiro atoms. The highest BCUT2D eigenvalue weighted by Gasteiger charge is 2.46. The molecule has 0 radical (unpaired) electrons. The van der Waals surface area contributed by atoms with Gasteiger partial charge in [0.15, 0.2) is 0 Å². The third-order valence-electron chi connectivity index (χ3n) is 4.41. The summed E-state index contributed by atoms with van der Waals surface area (Å²) in [4.78, 5) is 0. The van der Waals surface area contributed by atoms with Gasteiger partial charge in [0.1, 0.15) is 0 Å². The van der Waals surface area contributed by atoms with Crippen LogP contribution in [0, 0.1) is 16.7 Å². The summed E-state index contributed by atoms with van der Waals surface area (Å²) in [6, 6.07) is 0. The predicted molar refractivity (Wildman–Crippen MR) is 74.0 cm³/mol. The van der Waals surface area contributed by atoms with E-state index in [-0.39, 0.29) is 0 Å². The molecule has 2 heterocycles. The number of nitrogens with one attached hydrogen (secondary N) is 1. The average Bonchev–Trinajstić information content (AvgIpc) is 2.20. The Kier molecular flexibility index (Phi) is 3.90. The van der Waals surface area contributed by atoms with Crippen molar-refractivity contribution in [3.05, 3.63) is 0 Å². The molecule has 0 aromatic heterocycles. The zero-order valence-corrected chi connectivity index (χ0v) is 12.0. The normalized spacial score (nSPS) is 38.8. The van der Waals surface area contributed by atoms with Gasteiger partial charge in [-0.15, -0.1) is 0 Å². The SMILES string of the molecule is CCCC1CNCCC12CSCC(C)(C)C2. The van der Waals surface area contributed by atoms with E-state index in [0.717, 1.165) is 5.92 Å². The Bertz CT molecular complexity index is 233. The van der Waals surface area contributed by atoms with Crippen LogP contribution >= 0.6 is 11.8 Å². The van der Waals surface area contributed by atoms with Gasteiger partial charge in [-0.1, -0.05) is 27.2 Å². The molecule has 94 valence electrons. The van der Waals surface area contributed by atoms with Gasteiger partial charge in [-0.05, 0) is 60.6 Å². The Balaban J connectivity index is 2.12. The van der Waals surface area contributed by atoms with Crippen molar-refractivity contribution >= 4 is 11.8 Å². The van der Waals surface area contributed by atoms with Crippen molar-refractivity contribution in [3.63, 3.8) is 0 Å². The second kappa shape index (κ2) is 4.89. The molecule has 2 aliphatic rings. The van der Waals surface area contributed by atoms with E-state index in [4.69, 9.17) is 0 Å². The van der Waals surface area contributed by atoms with Gasteiger partial charge in [0.2, 0.25) is 0 Å². The third kappa shape index (κ3) is 2.59. The van der Waals surface area contributed by atoms with Crippen LogP contribution in [0.3, 0.4) is 0 Å². The molecule has 2 aliphatic heterocycles. The summed E-state index contributed by atoms with van der Waals surface area (Å²) in [5, 5.41) is 3.61. The summed E-state index contributed by atoms with van der Waals surface area (Å²) < 4.78 is 0. The molecule has 2 heteroatoms. The lowest BCUT2D eigenvalue weighted by atomic mass is 9.63.